The Labute approximate surface area is 98.9 Å². The minimum absolute atomic E-state index is 0.638. The van der Waals surface area contributed by atoms with Crippen molar-refractivity contribution in [1.29, 1.82) is 0 Å². The maximum absolute atomic E-state index is 4.66. The highest BCUT2D eigenvalue weighted by molar-refractivity contribution is 7.13. The average molecular weight is 233 g/mol. The van der Waals surface area contributed by atoms with Crippen molar-refractivity contribution >= 4 is 11.3 Å². The standard InChI is InChI=1S/C12H15N3S/c1-3-9(13-5-1)7-10-8-16-12(15-10)11-4-2-6-14-11/h2,4,6,8-9,13-14H,1,3,5,7H2. The molecule has 0 radical (unpaired) electrons. The minimum atomic E-state index is 0.638. The molecule has 1 fully saturated rings. The lowest BCUT2D eigenvalue weighted by molar-refractivity contribution is 0.597. The molecule has 1 aliphatic heterocycles. The van der Waals surface area contributed by atoms with Crippen molar-refractivity contribution in [1.82, 2.24) is 15.3 Å². The molecule has 3 heterocycles. The zero-order valence-corrected chi connectivity index (χ0v) is 9.89. The van der Waals surface area contributed by atoms with Gasteiger partial charge in [-0.3, -0.25) is 0 Å². The Morgan fingerprint density at radius 1 is 1.50 bits per heavy atom. The normalized spacial score (nSPS) is 20.4. The summed E-state index contributed by atoms with van der Waals surface area (Å²) in [5.74, 6) is 0. The molecule has 3 nitrogen and oxygen atoms in total. The van der Waals surface area contributed by atoms with E-state index in [1.807, 2.05) is 12.3 Å². The third-order valence-corrected chi connectivity index (χ3v) is 3.92. The molecule has 2 aromatic rings. The molecule has 16 heavy (non-hydrogen) atoms. The molecular weight excluding hydrogens is 218 g/mol. The summed E-state index contributed by atoms with van der Waals surface area (Å²) in [7, 11) is 0. The summed E-state index contributed by atoms with van der Waals surface area (Å²) in [5.41, 5.74) is 2.34. The average Bonchev–Trinajstić information content (AvgIpc) is 2.99. The van der Waals surface area contributed by atoms with Crippen LogP contribution in [-0.2, 0) is 6.42 Å². The van der Waals surface area contributed by atoms with Crippen LogP contribution in [0.1, 0.15) is 18.5 Å². The summed E-state index contributed by atoms with van der Waals surface area (Å²) in [6.07, 6.45) is 5.60. The van der Waals surface area contributed by atoms with Gasteiger partial charge in [0.25, 0.3) is 0 Å². The number of aromatic amines is 1. The largest absolute Gasteiger partial charge is 0.359 e. The topological polar surface area (TPSA) is 40.7 Å². The highest BCUT2D eigenvalue weighted by atomic mass is 32.1. The van der Waals surface area contributed by atoms with Gasteiger partial charge in [-0.05, 0) is 31.5 Å². The SMILES string of the molecule is c1c[nH]c(-c2nc(CC3CCCN3)cs2)c1. The Hall–Kier alpha value is -1.13. The number of H-pyrrole nitrogens is 1. The van der Waals surface area contributed by atoms with Gasteiger partial charge in [-0.1, -0.05) is 0 Å². The Morgan fingerprint density at radius 3 is 3.25 bits per heavy atom. The lowest BCUT2D eigenvalue weighted by Gasteiger charge is -2.06. The smallest absolute Gasteiger partial charge is 0.139 e. The van der Waals surface area contributed by atoms with E-state index in [4.69, 9.17) is 0 Å². The van der Waals surface area contributed by atoms with Gasteiger partial charge in [0.05, 0.1) is 11.4 Å². The monoisotopic (exact) mass is 233 g/mol. The summed E-state index contributed by atoms with van der Waals surface area (Å²) in [5, 5.41) is 6.78. The molecule has 2 aromatic heterocycles. The molecule has 0 amide bonds. The molecule has 1 atom stereocenters. The van der Waals surface area contributed by atoms with Crippen LogP contribution in [-0.4, -0.2) is 22.6 Å². The first-order chi connectivity index (χ1) is 7.92. The van der Waals surface area contributed by atoms with Gasteiger partial charge < -0.3 is 10.3 Å². The van der Waals surface area contributed by atoms with Crippen molar-refractivity contribution < 1.29 is 0 Å². The van der Waals surface area contributed by atoms with Gasteiger partial charge in [0.1, 0.15) is 5.01 Å². The number of hydrogen-bond acceptors (Lipinski definition) is 3. The van der Waals surface area contributed by atoms with Gasteiger partial charge in [-0.25, -0.2) is 4.98 Å². The van der Waals surface area contributed by atoms with Gasteiger partial charge in [-0.15, -0.1) is 11.3 Å². The van der Waals surface area contributed by atoms with E-state index in [0.717, 1.165) is 23.7 Å². The quantitative estimate of drug-likeness (QED) is 0.855. The maximum Gasteiger partial charge on any atom is 0.139 e. The van der Waals surface area contributed by atoms with Crippen molar-refractivity contribution in [3.63, 3.8) is 0 Å². The van der Waals surface area contributed by atoms with Crippen molar-refractivity contribution in [2.45, 2.75) is 25.3 Å². The van der Waals surface area contributed by atoms with Crippen molar-refractivity contribution in [3.8, 4) is 10.7 Å². The Balaban J connectivity index is 1.72. The van der Waals surface area contributed by atoms with Crippen LogP contribution in [0.2, 0.25) is 0 Å². The van der Waals surface area contributed by atoms with E-state index in [1.54, 1.807) is 11.3 Å². The fourth-order valence-electron chi connectivity index (χ4n) is 2.17. The lowest BCUT2D eigenvalue weighted by Crippen LogP contribution is -2.23. The fourth-order valence-corrected chi connectivity index (χ4v) is 2.99. The van der Waals surface area contributed by atoms with Crippen LogP contribution in [0.3, 0.4) is 0 Å². The number of nitrogens with one attached hydrogen (secondary N) is 2. The van der Waals surface area contributed by atoms with Gasteiger partial charge in [-0.2, -0.15) is 0 Å². The van der Waals surface area contributed by atoms with E-state index >= 15 is 0 Å². The van der Waals surface area contributed by atoms with Crippen LogP contribution in [0.4, 0.5) is 0 Å². The van der Waals surface area contributed by atoms with Gasteiger partial charge >= 0.3 is 0 Å². The molecule has 1 saturated heterocycles. The first-order valence-electron chi connectivity index (χ1n) is 5.73. The van der Waals surface area contributed by atoms with Crippen LogP contribution < -0.4 is 5.32 Å². The van der Waals surface area contributed by atoms with Crippen LogP contribution in [0.5, 0.6) is 0 Å². The van der Waals surface area contributed by atoms with Crippen molar-refractivity contribution in [3.05, 3.63) is 29.4 Å². The van der Waals surface area contributed by atoms with E-state index in [-0.39, 0.29) is 0 Å². The van der Waals surface area contributed by atoms with E-state index in [1.165, 1.54) is 18.5 Å². The number of thiazole rings is 1. The third-order valence-electron chi connectivity index (χ3n) is 3.00. The predicted octanol–water partition coefficient (Wildman–Crippen LogP) is 2.43. The first-order valence-corrected chi connectivity index (χ1v) is 6.61. The summed E-state index contributed by atoms with van der Waals surface area (Å²) < 4.78 is 0. The second kappa shape index (κ2) is 4.39. The van der Waals surface area contributed by atoms with E-state index in [0.29, 0.717) is 6.04 Å². The van der Waals surface area contributed by atoms with Crippen molar-refractivity contribution in [2.24, 2.45) is 0 Å². The van der Waals surface area contributed by atoms with E-state index in [2.05, 4.69) is 26.7 Å². The summed E-state index contributed by atoms with van der Waals surface area (Å²) in [4.78, 5) is 7.86. The van der Waals surface area contributed by atoms with Crippen LogP contribution in [0, 0.1) is 0 Å². The number of hydrogen-bond donors (Lipinski definition) is 2. The molecule has 2 N–H and O–H groups in total. The Kier molecular flexibility index (Phi) is 2.76. The first kappa shape index (κ1) is 10.1. The zero-order valence-electron chi connectivity index (χ0n) is 9.07. The maximum atomic E-state index is 4.66. The second-order valence-electron chi connectivity index (χ2n) is 4.23. The molecule has 1 aliphatic rings. The van der Waals surface area contributed by atoms with Gasteiger partial charge in [0.15, 0.2) is 0 Å². The van der Waals surface area contributed by atoms with E-state index < -0.39 is 0 Å². The molecular formula is C12H15N3S. The Bertz CT molecular complexity index is 441. The number of rotatable bonds is 3. The predicted molar refractivity (Wildman–Crippen MR) is 66.6 cm³/mol. The second-order valence-corrected chi connectivity index (χ2v) is 5.08. The fraction of sp³-hybridized carbons (Fsp3) is 0.417. The molecule has 0 spiro atoms. The molecule has 0 aliphatic carbocycles. The summed E-state index contributed by atoms with van der Waals surface area (Å²) >= 11 is 1.72. The Morgan fingerprint density at radius 2 is 2.50 bits per heavy atom. The molecule has 3 rings (SSSR count). The zero-order chi connectivity index (χ0) is 10.8. The number of nitrogens with zero attached hydrogens (tertiary/aromatic N) is 1. The molecule has 0 aromatic carbocycles. The number of aromatic nitrogens is 2. The highest BCUT2D eigenvalue weighted by Crippen LogP contribution is 2.23. The van der Waals surface area contributed by atoms with Crippen molar-refractivity contribution in [2.75, 3.05) is 6.54 Å². The molecule has 0 saturated carbocycles. The van der Waals surface area contributed by atoms with Crippen LogP contribution in [0.15, 0.2) is 23.7 Å². The van der Waals surface area contributed by atoms with Gasteiger partial charge in [0, 0.05) is 24.0 Å². The molecule has 84 valence electrons. The third kappa shape index (κ3) is 2.03. The molecule has 1 unspecified atom stereocenters. The summed E-state index contributed by atoms with van der Waals surface area (Å²) in [6.45, 7) is 1.16. The minimum Gasteiger partial charge on any atom is -0.359 e. The van der Waals surface area contributed by atoms with Crippen LogP contribution >= 0.6 is 11.3 Å². The summed E-state index contributed by atoms with van der Waals surface area (Å²) in [6, 6.07) is 4.71. The molecule has 4 heteroatoms. The van der Waals surface area contributed by atoms with Gasteiger partial charge in [0.2, 0.25) is 0 Å². The highest BCUT2D eigenvalue weighted by Gasteiger charge is 2.16. The lowest BCUT2D eigenvalue weighted by atomic mass is 10.1. The van der Waals surface area contributed by atoms with E-state index in [9.17, 15) is 0 Å². The molecule has 0 bridgehead atoms. The van der Waals surface area contributed by atoms with Crippen LogP contribution in [0.25, 0.3) is 10.7 Å².